The fourth-order valence-corrected chi connectivity index (χ4v) is 1.47. The summed E-state index contributed by atoms with van der Waals surface area (Å²) in [7, 11) is 0. The van der Waals surface area contributed by atoms with Crippen molar-refractivity contribution in [3.63, 3.8) is 0 Å². The molecule has 1 N–H and O–H groups in total. The van der Waals surface area contributed by atoms with E-state index in [0.717, 1.165) is 6.42 Å². The molecule has 0 aliphatic heterocycles. The second kappa shape index (κ2) is 8.69. The molecule has 0 saturated carbocycles. The van der Waals surface area contributed by atoms with E-state index in [1.807, 2.05) is 13.0 Å². The van der Waals surface area contributed by atoms with Crippen LogP contribution >= 0.6 is 0 Å². The van der Waals surface area contributed by atoms with E-state index in [9.17, 15) is 13.6 Å². The molecule has 0 bridgehead atoms. The Morgan fingerprint density at radius 3 is 2.62 bits per heavy atom. The van der Waals surface area contributed by atoms with Crippen LogP contribution in [0.5, 0.6) is 5.75 Å². The maximum absolute atomic E-state index is 12.0. The number of benzene rings is 1. The smallest absolute Gasteiger partial charge is 0.272 e. The number of alkyl halides is 2. The molecule has 1 amide bonds. The molecule has 4 nitrogen and oxygen atoms in total. The van der Waals surface area contributed by atoms with Crippen LogP contribution in [0.2, 0.25) is 0 Å². The van der Waals surface area contributed by atoms with Gasteiger partial charge < -0.3 is 10.1 Å². The van der Waals surface area contributed by atoms with Crippen molar-refractivity contribution in [2.45, 2.75) is 19.8 Å². The molecule has 0 heterocycles. The highest BCUT2D eigenvalue weighted by Crippen LogP contribution is 2.15. The van der Waals surface area contributed by atoms with Gasteiger partial charge in [-0.25, -0.2) is 8.78 Å². The number of nitriles is 1. The van der Waals surface area contributed by atoms with Crippen molar-refractivity contribution in [1.82, 2.24) is 5.32 Å². The molecule has 0 atom stereocenters. The predicted molar refractivity (Wildman–Crippen MR) is 74.8 cm³/mol. The highest BCUT2D eigenvalue weighted by Gasteiger charge is 2.08. The number of rotatable bonds is 7. The maximum Gasteiger partial charge on any atom is 0.272 e. The summed E-state index contributed by atoms with van der Waals surface area (Å²) in [6.07, 6.45) is -0.320. The molecule has 0 saturated heterocycles. The lowest BCUT2D eigenvalue weighted by Gasteiger charge is -2.05. The van der Waals surface area contributed by atoms with Gasteiger partial charge in [0.05, 0.1) is 0 Å². The lowest BCUT2D eigenvalue weighted by Crippen LogP contribution is -2.25. The predicted octanol–water partition coefficient (Wildman–Crippen LogP) is 2.76. The fourth-order valence-electron chi connectivity index (χ4n) is 1.47. The van der Waals surface area contributed by atoms with Crippen molar-refractivity contribution in [1.29, 1.82) is 5.26 Å². The monoisotopic (exact) mass is 294 g/mol. The Balaban J connectivity index is 2.73. The normalized spacial score (nSPS) is 11.1. The Kier molecular flexibility index (Phi) is 6.88. The Hall–Kier alpha value is -2.42. The summed E-state index contributed by atoms with van der Waals surface area (Å²) < 4.78 is 28.8. The summed E-state index contributed by atoms with van der Waals surface area (Å²) in [6, 6.07) is 8.02. The van der Waals surface area contributed by atoms with E-state index >= 15 is 0 Å². The molecule has 0 radical (unpaired) electrons. The zero-order valence-electron chi connectivity index (χ0n) is 11.6. The topological polar surface area (TPSA) is 62.1 Å². The summed E-state index contributed by atoms with van der Waals surface area (Å²) in [5, 5.41) is 11.6. The van der Waals surface area contributed by atoms with Crippen LogP contribution in [0.25, 0.3) is 6.08 Å². The molecule has 0 spiro atoms. The third-order valence-corrected chi connectivity index (χ3v) is 2.47. The van der Waals surface area contributed by atoms with E-state index in [-0.39, 0.29) is 5.57 Å². The third kappa shape index (κ3) is 6.04. The number of nitrogens with one attached hydrogen (secondary N) is 1. The van der Waals surface area contributed by atoms with Crippen molar-refractivity contribution in [2.75, 3.05) is 13.2 Å². The van der Waals surface area contributed by atoms with Crippen LogP contribution in [0.4, 0.5) is 8.78 Å². The standard InChI is InChI=1S/C15H16F2N2O2/c1-2-7-19-15(20)12(9-18)8-11-3-5-13(6-4-11)21-10-14(16)17/h3-6,8,14H,2,7,10H2,1H3,(H,19,20)/b12-8-. The van der Waals surface area contributed by atoms with Crippen molar-refractivity contribution >= 4 is 12.0 Å². The minimum Gasteiger partial charge on any atom is -0.488 e. The fraction of sp³-hybridized carbons (Fsp3) is 0.333. The molecule has 1 aromatic rings. The van der Waals surface area contributed by atoms with E-state index in [1.165, 1.54) is 18.2 Å². The highest BCUT2D eigenvalue weighted by molar-refractivity contribution is 6.01. The van der Waals surface area contributed by atoms with Crippen molar-refractivity contribution in [3.05, 3.63) is 35.4 Å². The van der Waals surface area contributed by atoms with Crippen LogP contribution in [0, 0.1) is 11.3 Å². The highest BCUT2D eigenvalue weighted by atomic mass is 19.3. The van der Waals surface area contributed by atoms with Crippen LogP contribution in [-0.2, 0) is 4.79 Å². The van der Waals surface area contributed by atoms with Gasteiger partial charge in [-0.3, -0.25) is 4.79 Å². The van der Waals surface area contributed by atoms with Crippen LogP contribution < -0.4 is 10.1 Å². The van der Waals surface area contributed by atoms with Gasteiger partial charge in [-0.1, -0.05) is 19.1 Å². The van der Waals surface area contributed by atoms with Gasteiger partial charge in [0, 0.05) is 6.54 Å². The zero-order valence-corrected chi connectivity index (χ0v) is 11.6. The molecule has 0 aliphatic carbocycles. The number of hydrogen-bond acceptors (Lipinski definition) is 3. The maximum atomic E-state index is 12.0. The first-order valence-corrected chi connectivity index (χ1v) is 6.47. The molecule has 21 heavy (non-hydrogen) atoms. The summed E-state index contributed by atoms with van der Waals surface area (Å²) in [6.45, 7) is 1.74. The molecule has 1 rings (SSSR count). The summed E-state index contributed by atoms with van der Waals surface area (Å²) in [4.78, 5) is 11.7. The molecule has 112 valence electrons. The molecular formula is C15H16F2N2O2. The first-order chi connectivity index (χ1) is 10.1. The van der Waals surface area contributed by atoms with Crippen LogP contribution in [0.15, 0.2) is 29.8 Å². The number of carbonyl (C=O) groups is 1. The molecule has 0 unspecified atom stereocenters. The quantitative estimate of drug-likeness (QED) is 0.621. The van der Waals surface area contributed by atoms with Crippen molar-refractivity contribution < 1.29 is 18.3 Å². The Bertz CT molecular complexity index is 534. The average Bonchev–Trinajstić information content (AvgIpc) is 2.49. The second-order valence-corrected chi connectivity index (χ2v) is 4.20. The number of ether oxygens (including phenoxy) is 1. The lowest BCUT2D eigenvalue weighted by molar-refractivity contribution is -0.117. The minimum absolute atomic E-state index is 0.00954. The Morgan fingerprint density at radius 2 is 2.10 bits per heavy atom. The zero-order chi connectivity index (χ0) is 15.7. The van der Waals surface area contributed by atoms with E-state index in [1.54, 1.807) is 12.1 Å². The third-order valence-electron chi connectivity index (χ3n) is 2.47. The largest absolute Gasteiger partial charge is 0.488 e. The number of halogens is 2. The van der Waals surface area contributed by atoms with E-state index < -0.39 is 18.9 Å². The molecule has 0 aliphatic rings. The molecule has 0 aromatic heterocycles. The van der Waals surface area contributed by atoms with E-state index in [4.69, 9.17) is 10.00 Å². The Labute approximate surface area is 122 Å². The number of hydrogen-bond donors (Lipinski definition) is 1. The summed E-state index contributed by atoms with van der Waals surface area (Å²) in [5.74, 6) is -0.126. The first kappa shape index (κ1) is 16.6. The number of carbonyl (C=O) groups excluding carboxylic acids is 1. The van der Waals surface area contributed by atoms with Gasteiger partial charge in [-0.2, -0.15) is 5.26 Å². The average molecular weight is 294 g/mol. The minimum atomic E-state index is -2.53. The number of nitrogens with zero attached hydrogens (tertiary/aromatic N) is 1. The van der Waals surface area contributed by atoms with Gasteiger partial charge in [0.2, 0.25) is 0 Å². The van der Waals surface area contributed by atoms with Crippen molar-refractivity contribution in [2.24, 2.45) is 0 Å². The lowest BCUT2D eigenvalue weighted by atomic mass is 10.1. The molecule has 1 aromatic carbocycles. The number of amides is 1. The SMILES string of the molecule is CCCNC(=O)/C(C#N)=C\c1ccc(OCC(F)F)cc1. The Morgan fingerprint density at radius 1 is 1.43 bits per heavy atom. The van der Waals surface area contributed by atoms with E-state index in [0.29, 0.717) is 17.9 Å². The second-order valence-electron chi connectivity index (χ2n) is 4.20. The summed E-state index contributed by atoms with van der Waals surface area (Å²) in [5.41, 5.74) is 0.604. The van der Waals surface area contributed by atoms with Gasteiger partial charge in [0.15, 0.2) is 0 Å². The van der Waals surface area contributed by atoms with Crippen LogP contribution in [-0.4, -0.2) is 25.5 Å². The van der Waals surface area contributed by atoms with Crippen molar-refractivity contribution in [3.8, 4) is 11.8 Å². The van der Waals surface area contributed by atoms with Crippen LogP contribution in [0.3, 0.4) is 0 Å². The molecular weight excluding hydrogens is 278 g/mol. The summed E-state index contributed by atoms with van der Waals surface area (Å²) >= 11 is 0. The molecule has 0 fully saturated rings. The van der Waals surface area contributed by atoms with Gasteiger partial charge in [0.1, 0.15) is 24.0 Å². The van der Waals surface area contributed by atoms with Gasteiger partial charge in [0.25, 0.3) is 12.3 Å². The van der Waals surface area contributed by atoms with Gasteiger partial charge >= 0.3 is 0 Å². The van der Waals surface area contributed by atoms with Gasteiger partial charge in [-0.05, 0) is 30.2 Å². The van der Waals surface area contributed by atoms with E-state index in [2.05, 4.69) is 5.32 Å². The van der Waals surface area contributed by atoms with Crippen LogP contribution in [0.1, 0.15) is 18.9 Å². The molecule has 6 heteroatoms. The van der Waals surface area contributed by atoms with Gasteiger partial charge in [-0.15, -0.1) is 0 Å². The first-order valence-electron chi connectivity index (χ1n) is 6.47.